The number of halogens is 2. The first-order valence-corrected chi connectivity index (χ1v) is 8.13. The predicted octanol–water partition coefficient (Wildman–Crippen LogP) is 1.48. The number of rotatable bonds is 2. The molecule has 2 atom stereocenters. The molecule has 0 aliphatic carbocycles. The third-order valence-corrected chi connectivity index (χ3v) is 5.98. The van der Waals surface area contributed by atoms with Crippen molar-refractivity contribution in [3.63, 3.8) is 0 Å². The van der Waals surface area contributed by atoms with Gasteiger partial charge in [0.1, 0.15) is 11.6 Å². The molecule has 0 radical (unpaired) electrons. The topological polar surface area (TPSA) is 49.4 Å². The second-order valence-corrected chi connectivity index (χ2v) is 7.16. The van der Waals surface area contributed by atoms with Crippen LogP contribution in [0.4, 0.5) is 8.78 Å². The van der Waals surface area contributed by atoms with Gasteiger partial charge in [0, 0.05) is 24.7 Å². The van der Waals surface area contributed by atoms with E-state index in [9.17, 15) is 17.2 Å². The van der Waals surface area contributed by atoms with E-state index < -0.39 is 21.7 Å². The number of nitrogens with zero attached hydrogens (tertiary/aromatic N) is 1. The molecule has 110 valence electrons. The summed E-state index contributed by atoms with van der Waals surface area (Å²) in [5, 5.41) is 3.20. The van der Waals surface area contributed by atoms with E-state index in [0.717, 1.165) is 37.9 Å². The van der Waals surface area contributed by atoms with Gasteiger partial charge in [-0.2, -0.15) is 4.31 Å². The maximum Gasteiger partial charge on any atom is 0.243 e. The van der Waals surface area contributed by atoms with Crippen molar-refractivity contribution in [2.45, 2.75) is 36.2 Å². The predicted molar refractivity (Wildman–Crippen MR) is 69.7 cm³/mol. The monoisotopic (exact) mass is 302 g/mol. The van der Waals surface area contributed by atoms with E-state index in [4.69, 9.17) is 0 Å². The van der Waals surface area contributed by atoms with Crippen molar-refractivity contribution in [2.24, 2.45) is 0 Å². The van der Waals surface area contributed by atoms with E-state index in [0.29, 0.717) is 12.6 Å². The molecule has 7 heteroatoms. The SMILES string of the molecule is O=S(=O)(c1cc(F)cc(F)c1)N1C2CCNCC1CC2. The molecule has 0 amide bonds. The van der Waals surface area contributed by atoms with Gasteiger partial charge in [0.05, 0.1) is 4.90 Å². The third-order valence-electron chi connectivity index (χ3n) is 4.00. The minimum Gasteiger partial charge on any atom is -0.315 e. The van der Waals surface area contributed by atoms with Crippen LogP contribution < -0.4 is 5.32 Å². The highest BCUT2D eigenvalue weighted by atomic mass is 32.2. The molecule has 2 heterocycles. The minimum absolute atomic E-state index is 0.0775. The molecule has 2 unspecified atom stereocenters. The van der Waals surface area contributed by atoms with Gasteiger partial charge >= 0.3 is 0 Å². The fourth-order valence-corrected chi connectivity index (χ4v) is 5.07. The van der Waals surface area contributed by atoms with E-state index >= 15 is 0 Å². The molecule has 0 aromatic heterocycles. The zero-order chi connectivity index (χ0) is 14.3. The lowest BCUT2D eigenvalue weighted by Gasteiger charge is -2.26. The number of hydrogen-bond acceptors (Lipinski definition) is 3. The van der Waals surface area contributed by atoms with Gasteiger partial charge in [-0.15, -0.1) is 0 Å². The summed E-state index contributed by atoms with van der Waals surface area (Å²) in [5.74, 6) is -1.74. The maximum atomic E-state index is 13.3. The average Bonchev–Trinajstić information content (AvgIpc) is 2.62. The number of nitrogens with one attached hydrogen (secondary N) is 1. The molecule has 2 saturated heterocycles. The van der Waals surface area contributed by atoms with Crippen LogP contribution in [-0.2, 0) is 10.0 Å². The molecule has 20 heavy (non-hydrogen) atoms. The van der Waals surface area contributed by atoms with Crippen molar-refractivity contribution >= 4 is 10.0 Å². The van der Waals surface area contributed by atoms with Crippen LogP contribution in [0.5, 0.6) is 0 Å². The minimum atomic E-state index is -3.85. The van der Waals surface area contributed by atoms with Gasteiger partial charge in [0.25, 0.3) is 0 Å². The quantitative estimate of drug-likeness (QED) is 0.900. The van der Waals surface area contributed by atoms with Crippen molar-refractivity contribution in [3.05, 3.63) is 29.8 Å². The maximum absolute atomic E-state index is 13.3. The Bertz CT molecular complexity index is 587. The van der Waals surface area contributed by atoms with Crippen LogP contribution in [0.25, 0.3) is 0 Å². The van der Waals surface area contributed by atoms with Crippen molar-refractivity contribution in [1.82, 2.24) is 9.62 Å². The highest BCUT2D eigenvalue weighted by molar-refractivity contribution is 7.89. The van der Waals surface area contributed by atoms with Gasteiger partial charge in [-0.3, -0.25) is 0 Å². The van der Waals surface area contributed by atoms with Crippen molar-refractivity contribution in [3.8, 4) is 0 Å². The van der Waals surface area contributed by atoms with E-state index in [-0.39, 0.29) is 17.0 Å². The van der Waals surface area contributed by atoms with Crippen molar-refractivity contribution in [1.29, 1.82) is 0 Å². The average molecular weight is 302 g/mol. The molecule has 2 bridgehead atoms. The Balaban J connectivity index is 2.03. The van der Waals surface area contributed by atoms with E-state index in [1.54, 1.807) is 0 Å². The Kier molecular flexibility index (Phi) is 3.51. The van der Waals surface area contributed by atoms with Gasteiger partial charge in [-0.25, -0.2) is 17.2 Å². The molecule has 2 fully saturated rings. The van der Waals surface area contributed by atoms with Crippen LogP contribution in [0.1, 0.15) is 19.3 Å². The Labute approximate surface area is 116 Å². The zero-order valence-electron chi connectivity index (χ0n) is 10.9. The normalized spacial score (nSPS) is 27.5. The first-order chi connectivity index (χ1) is 9.48. The van der Waals surface area contributed by atoms with Crippen molar-refractivity contribution in [2.75, 3.05) is 13.1 Å². The lowest BCUT2D eigenvalue weighted by Crippen LogP contribution is -2.42. The summed E-state index contributed by atoms with van der Waals surface area (Å²) >= 11 is 0. The summed E-state index contributed by atoms with van der Waals surface area (Å²) in [6.45, 7) is 1.36. The largest absolute Gasteiger partial charge is 0.315 e. The molecule has 0 saturated carbocycles. The molecular formula is C13H16F2N2O2S. The second kappa shape index (κ2) is 5.05. The Hall–Kier alpha value is -1.05. The molecule has 0 spiro atoms. The molecular weight excluding hydrogens is 286 g/mol. The van der Waals surface area contributed by atoms with Gasteiger partial charge in [0.15, 0.2) is 0 Å². The lowest BCUT2D eigenvalue weighted by molar-refractivity contribution is 0.334. The molecule has 1 N–H and O–H groups in total. The van der Waals surface area contributed by atoms with Gasteiger partial charge in [-0.1, -0.05) is 0 Å². The number of benzene rings is 1. The molecule has 2 aliphatic rings. The van der Waals surface area contributed by atoms with Crippen LogP contribution in [0.15, 0.2) is 23.1 Å². The number of fused-ring (bicyclic) bond motifs is 2. The smallest absolute Gasteiger partial charge is 0.243 e. The van der Waals surface area contributed by atoms with Crippen LogP contribution in [-0.4, -0.2) is 37.9 Å². The van der Waals surface area contributed by atoms with Crippen LogP contribution in [0.2, 0.25) is 0 Å². The Morgan fingerprint density at radius 1 is 1.05 bits per heavy atom. The first kappa shape index (κ1) is 13.9. The third kappa shape index (κ3) is 2.34. The highest BCUT2D eigenvalue weighted by Crippen LogP contribution is 2.34. The first-order valence-electron chi connectivity index (χ1n) is 6.69. The standard InChI is InChI=1S/C13H16F2N2O2S/c14-9-5-10(15)7-13(6-9)20(18,19)17-11-1-2-12(17)8-16-4-3-11/h5-7,11-12,16H,1-4,8H2. The zero-order valence-corrected chi connectivity index (χ0v) is 11.7. The fourth-order valence-electron chi connectivity index (χ4n) is 3.13. The van der Waals surface area contributed by atoms with Crippen LogP contribution in [0.3, 0.4) is 0 Å². The fraction of sp³-hybridized carbons (Fsp3) is 0.538. The summed E-state index contributed by atoms with van der Waals surface area (Å²) < 4.78 is 53.3. The molecule has 1 aromatic carbocycles. The molecule has 4 nitrogen and oxygen atoms in total. The van der Waals surface area contributed by atoms with E-state index in [2.05, 4.69) is 5.32 Å². The molecule has 2 aliphatic heterocycles. The lowest BCUT2D eigenvalue weighted by atomic mass is 10.1. The van der Waals surface area contributed by atoms with E-state index in [1.165, 1.54) is 4.31 Å². The van der Waals surface area contributed by atoms with Gasteiger partial charge < -0.3 is 5.32 Å². The number of hydrogen-bond donors (Lipinski definition) is 1. The van der Waals surface area contributed by atoms with Crippen molar-refractivity contribution < 1.29 is 17.2 Å². The van der Waals surface area contributed by atoms with Crippen LogP contribution >= 0.6 is 0 Å². The van der Waals surface area contributed by atoms with Gasteiger partial charge in [0.2, 0.25) is 10.0 Å². The summed E-state index contributed by atoms with van der Waals surface area (Å²) in [7, 11) is -3.85. The number of sulfonamides is 1. The Morgan fingerprint density at radius 3 is 2.40 bits per heavy atom. The van der Waals surface area contributed by atoms with E-state index in [1.807, 2.05) is 0 Å². The van der Waals surface area contributed by atoms with Crippen LogP contribution in [0, 0.1) is 11.6 Å². The summed E-state index contributed by atoms with van der Waals surface area (Å²) in [6.07, 6.45) is 2.32. The summed E-state index contributed by atoms with van der Waals surface area (Å²) in [5.41, 5.74) is 0. The highest BCUT2D eigenvalue weighted by Gasteiger charge is 2.43. The molecule has 1 aromatic rings. The Morgan fingerprint density at radius 2 is 1.70 bits per heavy atom. The van der Waals surface area contributed by atoms with Gasteiger partial charge in [-0.05, 0) is 37.9 Å². The molecule has 3 rings (SSSR count). The summed E-state index contributed by atoms with van der Waals surface area (Å²) in [4.78, 5) is -0.297. The second-order valence-electron chi connectivity index (χ2n) is 5.32. The summed E-state index contributed by atoms with van der Waals surface area (Å²) in [6, 6.07) is 2.24.